The van der Waals surface area contributed by atoms with E-state index in [1.807, 2.05) is 18.2 Å². The van der Waals surface area contributed by atoms with E-state index in [-0.39, 0.29) is 5.60 Å². The quantitative estimate of drug-likeness (QED) is 0.766. The van der Waals surface area contributed by atoms with Gasteiger partial charge in [0.15, 0.2) is 0 Å². The average molecular weight is 267 g/mol. The highest BCUT2D eigenvalue weighted by Gasteiger charge is 2.42. The topological polar surface area (TPSA) is 29.5 Å². The van der Waals surface area contributed by atoms with Gasteiger partial charge in [-0.05, 0) is 49.8 Å². The Labute approximate surface area is 113 Å². The summed E-state index contributed by atoms with van der Waals surface area (Å²) in [4.78, 5) is 0. The molecule has 0 amide bonds. The zero-order valence-corrected chi connectivity index (χ0v) is 11.4. The van der Waals surface area contributed by atoms with Crippen molar-refractivity contribution in [2.24, 2.45) is 5.92 Å². The van der Waals surface area contributed by atoms with E-state index in [1.54, 1.807) is 0 Å². The Morgan fingerprint density at radius 2 is 2.06 bits per heavy atom. The summed E-state index contributed by atoms with van der Waals surface area (Å²) in [6, 6.07) is 5.54. The summed E-state index contributed by atoms with van der Waals surface area (Å²) in [5.74, 6) is 1.59. The molecule has 98 valence electrons. The molecule has 0 bridgehead atoms. The van der Waals surface area contributed by atoms with Crippen molar-refractivity contribution >= 4 is 11.6 Å². The lowest BCUT2D eigenvalue weighted by Gasteiger charge is -2.44. The zero-order valence-electron chi connectivity index (χ0n) is 10.7. The van der Waals surface area contributed by atoms with Gasteiger partial charge in [0.25, 0.3) is 0 Å². The van der Waals surface area contributed by atoms with Crippen LogP contribution in [0, 0.1) is 5.92 Å². The lowest BCUT2D eigenvalue weighted by atomic mass is 9.74. The average Bonchev–Trinajstić information content (AvgIpc) is 2.35. The minimum absolute atomic E-state index is 0.146. The van der Waals surface area contributed by atoms with E-state index in [0.29, 0.717) is 11.4 Å². The number of hydrogen-bond acceptors (Lipinski definition) is 2. The van der Waals surface area contributed by atoms with E-state index < -0.39 is 6.10 Å². The van der Waals surface area contributed by atoms with Crippen molar-refractivity contribution in [3.8, 4) is 5.75 Å². The van der Waals surface area contributed by atoms with Crippen molar-refractivity contribution in [3.63, 3.8) is 0 Å². The molecule has 18 heavy (non-hydrogen) atoms. The third-order valence-corrected chi connectivity index (χ3v) is 4.64. The molecule has 2 aliphatic rings. The molecule has 1 aromatic rings. The highest BCUT2D eigenvalue weighted by molar-refractivity contribution is 6.30. The molecule has 1 N–H and O–H groups in total. The first kappa shape index (κ1) is 12.3. The van der Waals surface area contributed by atoms with Gasteiger partial charge >= 0.3 is 0 Å². The third-order valence-electron chi connectivity index (χ3n) is 4.41. The van der Waals surface area contributed by atoms with Gasteiger partial charge in [-0.1, -0.05) is 18.5 Å². The molecule has 0 radical (unpaired) electrons. The van der Waals surface area contributed by atoms with Crippen LogP contribution in [0.15, 0.2) is 18.2 Å². The van der Waals surface area contributed by atoms with Gasteiger partial charge < -0.3 is 9.84 Å². The van der Waals surface area contributed by atoms with Gasteiger partial charge in [-0.25, -0.2) is 0 Å². The van der Waals surface area contributed by atoms with Crippen LogP contribution >= 0.6 is 11.6 Å². The summed E-state index contributed by atoms with van der Waals surface area (Å²) >= 11 is 5.97. The van der Waals surface area contributed by atoms with Crippen LogP contribution in [0.1, 0.15) is 50.7 Å². The van der Waals surface area contributed by atoms with E-state index >= 15 is 0 Å². The first-order valence-corrected chi connectivity index (χ1v) is 7.12. The number of ether oxygens (including phenoxy) is 1. The maximum atomic E-state index is 10.3. The predicted octanol–water partition coefficient (Wildman–Crippen LogP) is 4.10. The molecule has 0 saturated heterocycles. The van der Waals surface area contributed by atoms with Gasteiger partial charge in [0.05, 0.1) is 6.10 Å². The van der Waals surface area contributed by atoms with E-state index in [1.165, 1.54) is 12.8 Å². The maximum Gasteiger partial charge on any atom is 0.126 e. The first-order valence-electron chi connectivity index (χ1n) is 6.74. The summed E-state index contributed by atoms with van der Waals surface area (Å²) < 4.78 is 6.22. The van der Waals surface area contributed by atoms with Crippen LogP contribution in [-0.4, -0.2) is 10.7 Å². The SMILES string of the molecule is CC1CCC2(CC1)C[C@H](O)c1cc(Cl)ccc1O2. The van der Waals surface area contributed by atoms with Crippen molar-refractivity contribution in [2.45, 2.75) is 50.7 Å². The van der Waals surface area contributed by atoms with Crippen LogP contribution in [0.5, 0.6) is 5.75 Å². The number of benzene rings is 1. The molecule has 1 atom stereocenters. The van der Waals surface area contributed by atoms with Crippen LogP contribution in [0.3, 0.4) is 0 Å². The lowest BCUT2D eigenvalue weighted by Crippen LogP contribution is -2.43. The molecule has 3 heteroatoms. The van der Waals surface area contributed by atoms with E-state index in [2.05, 4.69) is 6.92 Å². The molecule has 1 spiro atoms. The Bertz CT molecular complexity index is 450. The molecular weight excluding hydrogens is 248 g/mol. The molecule has 1 aromatic carbocycles. The number of halogens is 1. The molecule has 2 nitrogen and oxygen atoms in total. The van der Waals surface area contributed by atoms with Crippen LogP contribution in [0.2, 0.25) is 5.02 Å². The highest BCUT2D eigenvalue weighted by Crippen LogP contribution is 2.47. The fourth-order valence-electron chi connectivity index (χ4n) is 3.20. The Balaban J connectivity index is 1.89. The number of fused-ring (bicyclic) bond motifs is 1. The minimum Gasteiger partial charge on any atom is -0.487 e. The monoisotopic (exact) mass is 266 g/mol. The first-order chi connectivity index (χ1) is 8.58. The molecule has 1 aliphatic heterocycles. The normalized spacial score (nSPS) is 35.1. The molecule has 0 aromatic heterocycles. The van der Waals surface area contributed by atoms with Gasteiger partial charge in [0.2, 0.25) is 0 Å². The Morgan fingerprint density at radius 1 is 1.33 bits per heavy atom. The van der Waals surface area contributed by atoms with E-state index in [0.717, 1.165) is 30.1 Å². The van der Waals surface area contributed by atoms with Crippen molar-refractivity contribution in [3.05, 3.63) is 28.8 Å². The van der Waals surface area contributed by atoms with Crippen LogP contribution in [-0.2, 0) is 0 Å². The van der Waals surface area contributed by atoms with Crippen LogP contribution in [0.4, 0.5) is 0 Å². The Kier molecular flexibility index (Phi) is 3.03. The minimum atomic E-state index is -0.444. The number of hydrogen-bond donors (Lipinski definition) is 1. The highest BCUT2D eigenvalue weighted by atomic mass is 35.5. The molecular formula is C15H19ClO2. The molecule has 1 saturated carbocycles. The fourth-order valence-corrected chi connectivity index (χ4v) is 3.38. The molecule has 1 fully saturated rings. The zero-order chi connectivity index (χ0) is 12.8. The standard InChI is InChI=1S/C15H19ClO2/c1-10-4-6-15(7-5-10)9-13(17)12-8-11(16)2-3-14(12)18-15/h2-3,8,10,13,17H,4-7,9H2,1H3/t10?,13-,15?/m0/s1. The van der Waals surface area contributed by atoms with Crippen molar-refractivity contribution < 1.29 is 9.84 Å². The number of aliphatic hydroxyl groups is 1. The van der Waals surface area contributed by atoms with Gasteiger partial charge in [-0.15, -0.1) is 0 Å². The van der Waals surface area contributed by atoms with Crippen molar-refractivity contribution in [2.75, 3.05) is 0 Å². The molecule has 0 unspecified atom stereocenters. The third kappa shape index (κ3) is 2.12. The second-order valence-corrected chi connectivity index (χ2v) is 6.31. The molecule has 3 rings (SSSR count). The van der Waals surface area contributed by atoms with Crippen molar-refractivity contribution in [1.82, 2.24) is 0 Å². The summed E-state index contributed by atoms with van der Waals surface area (Å²) in [6.45, 7) is 2.29. The predicted molar refractivity (Wildman–Crippen MR) is 72.0 cm³/mol. The summed E-state index contributed by atoms with van der Waals surface area (Å²) in [7, 11) is 0. The molecule has 1 heterocycles. The van der Waals surface area contributed by atoms with Gasteiger partial charge in [-0.2, -0.15) is 0 Å². The fraction of sp³-hybridized carbons (Fsp3) is 0.600. The van der Waals surface area contributed by atoms with Gasteiger partial charge in [0, 0.05) is 17.0 Å². The number of aliphatic hydroxyl groups excluding tert-OH is 1. The largest absolute Gasteiger partial charge is 0.487 e. The lowest BCUT2D eigenvalue weighted by molar-refractivity contribution is -0.0454. The Morgan fingerprint density at radius 3 is 2.78 bits per heavy atom. The number of rotatable bonds is 0. The summed E-state index contributed by atoms with van der Waals surface area (Å²) in [5, 5.41) is 11.0. The Hall–Kier alpha value is -0.730. The smallest absolute Gasteiger partial charge is 0.126 e. The second kappa shape index (κ2) is 4.43. The maximum absolute atomic E-state index is 10.3. The van der Waals surface area contributed by atoms with Crippen molar-refractivity contribution in [1.29, 1.82) is 0 Å². The summed E-state index contributed by atoms with van der Waals surface area (Å²) in [6.07, 6.45) is 4.74. The van der Waals surface area contributed by atoms with Gasteiger partial charge in [-0.3, -0.25) is 0 Å². The summed E-state index contributed by atoms with van der Waals surface area (Å²) in [5.41, 5.74) is 0.694. The van der Waals surface area contributed by atoms with Gasteiger partial charge in [0.1, 0.15) is 11.4 Å². The van der Waals surface area contributed by atoms with Crippen LogP contribution < -0.4 is 4.74 Å². The second-order valence-electron chi connectivity index (χ2n) is 5.87. The molecule has 1 aliphatic carbocycles. The van der Waals surface area contributed by atoms with E-state index in [4.69, 9.17) is 16.3 Å². The van der Waals surface area contributed by atoms with E-state index in [9.17, 15) is 5.11 Å². The van der Waals surface area contributed by atoms with Crippen LogP contribution in [0.25, 0.3) is 0 Å².